The Balaban J connectivity index is 1.14. The van der Waals surface area contributed by atoms with Gasteiger partial charge in [0, 0.05) is 48.7 Å². The van der Waals surface area contributed by atoms with Crippen LogP contribution in [0.4, 0.5) is 17.2 Å². The van der Waals surface area contributed by atoms with Crippen molar-refractivity contribution in [3.05, 3.63) is 71.9 Å². The van der Waals surface area contributed by atoms with E-state index in [9.17, 15) is 4.79 Å². The number of amides is 1. The first-order chi connectivity index (χ1) is 18.7. The lowest BCUT2D eigenvalue weighted by molar-refractivity contribution is -0.115. The van der Waals surface area contributed by atoms with E-state index in [0.29, 0.717) is 30.1 Å². The third kappa shape index (κ3) is 5.23. The van der Waals surface area contributed by atoms with Gasteiger partial charge in [0.25, 0.3) is 0 Å². The van der Waals surface area contributed by atoms with Gasteiger partial charge in [0.15, 0.2) is 0 Å². The van der Waals surface area contributed by atoms with Crippen molar-refractivity contribution in [3.8, 4) is 17.2 Å². The normalized spacial score (nSPS) is 22.9. The van der Waals surface area contributed by atoms with Crippen molar-refractivity contribution in [2.24, 2.45) is 0 Å². The number of rotatable bonds is 6. The summed E-state index contributed by atoms with van der Waals surface area (Å²) in [5.41, 5.74) is 5.98. The molecule has 6 rings (SSSR count). The monoisotopic (exact) mass is 506 g/mol. The van der Waals surface area contributed by atoms with Crippen LogP contribution in [-0.2, 0) is 11.2 Å². The fourth-order valence-corrected chi connectivity index (χ4v) is 6.26. The molecule has 1 amide bonds. The Kier molecular flexibility index (Phi) is 6.98. The van der Waals surface area contributed by atoms with Gasteiger partial charge in [-0.2, -0.15) is 5.26 Å². The van der Waals surface area contributed by atoms with Crippen molar-refractivity contribution in [3.63, 3.8) is 0 Å². The van der Waals surface area contributed by atoms with Crippen LogP contribution in [0.2, 0.25) is 0 Å². The molecule has 3 aromatic rings. The minimum absolute atomic E-state index is 0.0523. The number of nitriles is 1. The van der Waals surface area contributed by atoms with Crippen molar-refractivity contribution < 1.29 is 4.79 Å². The Labute approximate surface area is 224 Å². The number of hydrogen-bond acceptors (Lipinski definition) is 6. The molecule has 194 valence electrons. The van der Waals surface area contributed by atoms with Crippen LogP contribution in [0.5, 0.6) is 0 Å². The zero-order valence-corrected chi connectivity index (χ0v) is 21.6. The van der Waals surface area contributed by atoms with Gasteiger partial charge in [0.1, 0.15) is 5.82 Å². The van der Waals surface area contributed by atoms with E-state index in [4.69, 9.17) is 5.26 Å². The van der Waals surface area contributed by atoms with Crippen molar-refractivity contribution in [1.82, 2.24) is 10.3 Å². The Morgan fingerprint density at radius 2 is 1.84 bits per heavy atom. The summed E-state index contributed by atoms with van der Waals surface area (Å²) in [6, 6.07) is 21.5. The number of fused-ring (bicyclic) bond motifs is 1. The number of carbonyl (C=O) groups is 1. The fraction of sp³-hybridized carbons (Fsp3) is 0.387. The first-order valence-corrected chi connectivity index (χ1v) is 13.8. The molecule has 3 heterocycles. The van der Waals surface area contributed by atoms with Crippen molar-refractivity contribution >= 4 is 23.1 Å². The molecule has 2 aliphatic heterocycles. The predicted octanol–water partition coefficient (Wildman–Crippen LogP) is 5.10. The first-order valence-electron chi connectivity index (χ1n) is 13.8. The van der Waals surface area contributed by atoms with E-state index < -0.39 is 0 Å². The summed E-state index contributed by atoms with van der Waals surface area (Å²) in [5, 5.41) is 19.9. The SMILES string of the molecule is N#Cc1ccc(N2CCC[C@H](N[C@@H]3CCCC[C@H]3Nc3cc(-c4cccc5c4NC(=O)C5)ccn3)C2)cc1. The second-order valence-electron chi connectivity index (χ2n) is 10.7. The minimum atomic E-state index is 0.0523. The summed E-state index contributed by atoms with van der Waals surface area (Å²) in [7, 11) is 0. The van der Waals surface area contributed by atoms with Crippen LogP contribution in [0.3, 0.4) is 0 Å². The zero-order chi connectivity index (χ0) is 25.9. The average Bonchev–Trinajstić information content (AvgIpc) is 3.35. The Hall–Kier alpha value is -3.89. The van der Waals surface area contributed by atoms with Gasteiger partial charge in [0.05, 0.1) is 23.7 Å². The number of para-hydroxylation sites is 1. The topological polar surface area (TPSA) is 93.1 Å². The third-order valence-electron chi connectivity index (χ3n) is 8.17. The van der Waals surface area contributed by atoms with E-state index >= 15 is 0 Å². The molecule has 0 spiro atoms. The highest BCUT2D eigenvalue weighted by molar-refractivity contribution is 6.03. The van der Waals surface area contributed by atoms with Crippen LogP contribution in [-0.4, -0.2) is 42.1 Å². The molecule has 1 saturated heterocycles. The number of pyridine rings is 1. The molecule has 7 heteroatoms. The van der Waals surface area contributed by atoms with Crippen LogP contribution in [0.1, 0.15) is 49.7 Å². The molecule has 1 aromatic heterocycles. The lowest BCUT2D eigenvalue weighted by Crippen LogP contribution is -2.54. The molecule has 0 unspecified atom stereocenters. The standard InChI is InChI=1S/C31H34N6O/c32-19-21-10-12-25(13-11-21)37-16-4-6-24(20-37)34-27-8-1-2-9-28(27)35-29-17-22(14-15-33-29)26-7-3-5-23-18-30(38)36-31(23)26/h3,5,7,10-15,17,24,27-28,34H,1-2,4,6,8-9,16,18,20H2,(H,33,35)(H,36,38)/t24-,27+,28+/m0/s1. The van der Waals surface area contributed by atoms with Crippen LogP contribution in [0.15, 0.2) is 60.8 Å². The molecule has 38 heavy (non-hydrogen) atoms. The van der Waals surface area contributed by atoms with E-state index in [1.165, 1.54) is 24.9 Å². The van der Waals surface area contributed by atoms with Gasteiger partial charge in [-0.15, -0.1) is 0 Å². The van der Waals surface area contributed by atoms with E-state index in [1.807, 2.05) is 36.5 Å². The number of piperidine rings is 1. The second kappa shape index (κ2) is 10.8. The number of aromatic nitrogens is 1. The van der Waals surface area contributed by atoms with Crippen LogP contribution in [0.25, 0.3) is 11.1 Å². The Bertz CT molecular complexity index is 1350. The summed E-state index contributed by atoms with van der Waals surface area (Å²) < 4.78 is 0. The van der Waals surface area contributed by atoms with Gasteiger partial charge >= 0.3 is 0 Å². The fourth-order valence-electron chi connectivity index (χ4n) is 6.26. The molecule has 7 nitrogen and oxygen atoms in total. The van der Waals surface area contributed by atoms with Crippen molar-refractivity contribution in [2.75, 3.05) is 28.6 Å². The predicted molar refractivity (Wildman–Crippen MR) is 151 cm³/mol. The molecule has 2 aromatic carbocycles. The molecule has 3 aliphatic rings. The number of anilines is 3. The number of nitrogens with zero attached hydrogens (tertiary/aromatic N) is 3. The van der Waals surface area contributed by atoms with Gasteiger partial charge < -0.3 is 20.9 Å². The van der Waals surface area contributed by atoms with E-state index in [0.717, 1.165) is 60.5 Å². The number of hydrogen-bond donors (Lipinski definition) is 3. The first kappa shape index (κ1) is 24.4. The number of nitrogens with one attached hydrogen (secondary N) is 3. The van der Waals surface area contributed by atoms with Gasteiger partial charge in [-0.25, -0.2) is 4.98 Å². The van der Waals surface area contributed by atoms with Crippen molar-refractivity contribution in [1.29, 1.82) is 5.26 Å². The highest BCUT2D eigenvalue weighted by atomic mass is 16.1. The molecular formula is C31H34N6O. The second-order valence-corrected chi connectivity index (χ2v) is 10.7. The maximum absolute atomic E-state index is 12.0. The quantitative estimate of drug-likeness (QED) is 0.431. The van der Waals surface area contributed by atoms with E-state index in [1.54, 1.807) is 0 Å². The molecule has 1 aliphatic carbocycles. The molecule has 0 bridgehead atoms. The maximum atomic E-state index is 12.0. The number of carbonyl (C=O) groups excluding carboxylic acids is 1. The maximum Gasteiger partial charge on any atom is 0.228 e. The molecule has 2 fully saturated rings. The van der Waals surface area contributed by atoms with Gasteiger partial charge in [-0.1, -0.05) is 31.0 Å². The summed E-state index contributed by atoms with van der Waals surface area (Å²) in [6.07, 6.45) is 9.36. The van der Waals surface area contributed by atoms with Crippen LogP contribution < -0.4 is 20.9 Å². The molecule has 3 N–H and O–H groups in total. The summed E-state index contributed by atoms with van der Waals surface area (Å²) in [6.45, 7) is 2.03. The van der Waals surface area contributed by atoms with Gasteiger partial charge in [0.2, 0.25) is 5.91 Å². The summed E-state index contributed by atoms with van der Waals surface area (Å²) in [5.74, 6) is 0.933. The lowest BCUT2D eigenvalue weighted by atomic mass is 9.89. The smallest absolute Gasteiger partial charge is 0.228 e. The van der Waals surface area contributed by atoms with E-state index in [2.05, 4.69) is 56.2 Å². The van der Waals surface area contributed by atoms with E-state index in [-0.39, 0.29) is 5.91 Å². The Morgan fingerprint density at radius 3 is 2.68 bits per heavy atom. The molecular weight excluding hydrogens is 472 g/mol. The van der Waals surface area contributed by atoms with Crippen LogP contribution in [0, 0.1) is 11.3 Å². The number of benzene rings is 2. The molecule has 0 radical (unpaired) electrons. The van der Waals surface area contributed by atoms with Crippen LogP contribution >= 0.6 is 0 Å². The average molecular weight is 507 g/mol. The van der Waals surface area contributed by atoms with Gasteiger partial charge in [-0.3, -0.25) is 4.79 Å². The Morgan fingerprint density at radius 1 is 1.00 bits per heavy atom. The van der Waals surface area contributed by atoms with Crippen molar-refractivity contribution in [2.45, 2.75) is 63.1 Å². The van der Waals surface area contributed by atoms with Gasteiger partial charge in [-0.05, 0) is 73.2 Å². The molecule has 1 saturated carbocycles. The zero-order valence-electron chi connectivity index (χ0n) is 21.6. The molecule has 3 atom stereocenters. The highest BCUT2D eigenvalue weighted by Gasteiger charge is 2.30. The third-order valence-corrected chi connectivity index (χ3v) is 8.17. The summed E-state index contributed by atoms with van der Waals surface area (Å²) in [4.78, 5) is 19.1. The highest BCUT2D eigenvalue weighted by Crippen LogP contribution is 2.35. The lowest BCUT2D eigenvalue weighted by Gasteiger charge is -2.40. The summed E-state index contributed by atoms with van der Waals surface area (Å²) >= 11 is 0. The largest absolute Gasteiger partial charge is 0.370 e. The minimum Gasteiger partial charge on any atom is -0.370 e.